The minimum atomic E-state index is -0.116. The molecular formula is C18H20N2O3S. The van der Waals surface area contributed by atoms with Crippen LogP contribution in [0, 0.1) is 0 Å². The minimum absolute atomic E-state index is 0.000168. The Balaban J connectivity index is 1.56. The number of carbonyl (C=O) groups excluding carboxylic acids is 1. The van der Waals surface area contributed by atoms with Crippen molar-refractivity contribution >= 4 is 23.4 Å². The summed E-state index contributed by atoms with van der Waals surface area (Å²) in [5.74, 6) is 3.91. The Morgan fingerprint density at radius 3 is 2.33 bits per heavy atom. The van der Waals surface area contributed by atoms with Crippen LogP contribution in [-0.4, -0.2) is 30.2 Å². The molecule has 1 aliphatic heterocycles. The average Bonchev–Trinajstić information content (AvgIpc) is 3.13. The van der Waals surface area contributed by atoms with Gasteiger partial charge in [-0.05, 0) is 55.5 Å². The molecule has 2 aromatic rings. The molecule has 6 heteroatoms. The average molecular weight is 344 g/mol. The highest BCUT2D eigenvalue weighted by molar-refractivity contribution is 7.99. The van der Waals surface area contributed by atoms with Crippen molar-refractivity contribution in [2.45, 2.75) is 13.0 Å². The van der Waals surface area contributed by atoms with E-state index in [2.05, 4.69) is 10.6 Å². The number of hydrogen-bond donors (Lipinski definition) is 2. The van der Waals surface area contributed by atoms with Crippen LogP contribution in [0.5, 0.6) is 17.2 Å². The largest absolute Gasteiger partial charge is 0.494 e. The Kier molecular flexibility index (Phi) is 5.61. The molecule has 0 aromatic heterocycles. The van der Waals surface area contributed by atoms with Crippen LogP contribution in [0.3, 0.4) is 0 Å². The fourth-order valence-electron chi connectivity index (χ4n) is 2.31. The van der Waals surface area contributed by atoms with Crippen molar-refractivity contribution in [2.24, 2.45) is 0 Å². The van der Waals surface area contributed by atoms with Gasteiger partial charge in [0.2, 0.25) is 5.91 Å². The summed E-state index contributed by atoms with van der Waals surface area (Å²) < 4.78 is 11.2. The second-order valence-electron chi connectivity index (χ2n) is 5.29. The van der Waals surface area contributed by atoms with Gasteiger partial charge in [0.25, 0.3) is 0 Å². The lowest BCUT2D eigenvalue weighted by atomic mass is 10.2. The molecule has 126 valence electrons. The maximum absolute atomic E-state index is 12.0. The maximum atomic E-state index is 12.0. The number of nitrogens with one attached hydrogen (secondary N) is 2. The topological polar surface area (TPSA) is 59.6 Å². The first-order chi connectivity index (χ1) is 11.7. The van der Waals surface area contributed by atoms with Gasteiger partial charge < -0.3 is 14.8 Å². The van der Waals surface area contributed by atoms with E-state index >= 15 is 0 Å². The maximum Gasteiger partial charge on any atom is 0.242 e. The lowest BCUT2D eigenvalue weighted by Crippen LogP contribution is -2.37. The highest BCUT2D eigenvalue weighted by atomic mass is 32.2. The second-order valence-corrected chi connectivity index (χ2v) is 6.32. The third-order valence-electron chi connectivity index (χ3n) is 3.53. The minimum Gasteiger partial charge on any atom is -0.494 e. The number of carbonyl (C=O) groups is 1. The zero-order valence-corrected chi connectivity index (χ0v) is 14.3. The summed E-state index contributed by atoms with van der Waals surface area (Å²) in [6, 6.07) is 14.7. The lowest BCUT2D eigenvalue weighted by molar-refractivity contribution is -0.117. The normalized spacial score (nSPS) is 16.6. The van der Waals surface area contributed by atoms with Gasteiger partial charge in [-0.2, -0.15) is 0 Å². The molecule has 0 radical (unpaired) electrons. The first-order valence-electron chi connectivity index (χ1n) is 7.87. The number of rotatable bonds is 6. The highest BCUT2D eigenvalue weighted by Crippen LogP contribution is 2.25. The molecule has 1 saturated heterocycles. The van der Waals surface area contributed by atoms with Crippen LogP contribution in [0.4, 0.5) is 5.69 Å². The molecule has 3 rings (SSSR count). The van der Waals surface area contributed by atoms with Gasteiger partial charge in [-0.3, -0.25) is 10.1 Å². The molecule has 5 nitrogen and oxygen atoms in total. The molecule has 2 aromatic carbocycles. The van der Waals surface area contributed by atoms with Gasteiger partial charge in [0.15, 0.2) is 0 Å². The van der Waals surface area contributed by atoms with E-state index in [-0.39, 0.29) is 11.9 Å². The van der Waals surface area contributed by atoms with Crippen molar-refractivity contribution < 1.29 is 14.3 Å². The van der Waals surface area contributed by atoms with Crippen molar-refractivity contribution in [3.8, 4) is 17.2 Å². The van der Waals surface area contributed by atoms with E-state index in [1.54, 1.807) is 11.8 Å². The summed E-state index contributed by atoms with van der Waals surface area (Å²) in [6.07, 6.45) is 0. The van der Waals surface area contributed by atoms with Gasteiger partial charge in [-0.15, -0.1) is 11.8 Å². The molecule has 1 unspecified atom stereocenters. The number of hydrogen-bond acceptors (Lipinski definition) is 5. The second kappa shape index (κ2) is 8.08. The van der Waals surface area contributed by atoms with E-state index in [0.717, 1.165) is 28.8 Å². The SMILES string of the molecule is CCOc1ccc(Oc2ccc(NC(=O)C3CSCN3)cc2)cc1. The van der Waals surface area contributed by atoms with Crippen LogP contribution >= 0.6 is 11.8 Å². The summed E-state index contributed by atoms with van der Waals surface area (Å²) in [5.41, 5.74) is 0.762. The quantitative estimate of drug-likeness (QED) is 0.840. The van der Waals surface area contributed by atoms with Gasteiger partial charge in [0.05, 0.1) is 12.6 Å². The molecular weight excluding hydrogens is 324 g/mol. The zero-order valence-electron chi connectivity index (χ0n) is 13.5. The molecule has 0 bridgehead atoms. The molecule has 0 saturated carbocycles. The van der Waals surface area contributed by atoms with Crippen LogP contribution in [0.25, 0.3) is 0 Å². The standard InChI is InChI=1S/C18H20N2O3S/c1-2-22-14-7-9-16(10-8-14)23-15-5-3-13(4-6-15)20-18(21)17-11-24-12-19-17/h3-10,17,19H,2,11-12H2,1H3,(H,20,21). The summed E-state index contributed by atoms with van der Waals surface area (Å²) in [6.45, 7) is 2.59. The van der Waals surface area contributed by atoms with Crippen molar-refractivity contribution in [3.05, 3.63) is 48.5 Å². The first kappa shape index (κ1) is 16.7. The fourth-order valence-corrected chi connectivity index (χ4v) is 3.25. The van der Waals surface area contributed by atoms with E-state index in [1.165, 1.54) is 0 Å². The van der Waals surface area contributed by atoms with E-state index < -0.39 is 0 Å². The van der Waals surface area contributed by atoms with Crippen molar-refractivity contribution in [3.63, 3.8) is 0 Å². The van der Waals surface area contributed by atoms with Crippen molar-refractivity contribution in [2.75, 3.05) is 23.6 Å². The highest BCUT2D eigenvalue weighted by Gasteiger charge is 2.22. The summed E-state index contributed by atoms with van der Waals surface area (Å²) in [5, 5.41) is 6.06. The van der Waals surface area contributed by atoms with Gasteiger partial charge in [-0.25, -0.2) is 0 Å². The summed E-state index contributed by atoms with van der Waals surface area (Å²) >= 11 is 1.73. The van der Waals surface area contributed by atoms with Gasteiger partial charge in [0.1, 0.15) is 17.2 Å². The number of amides is 1. The number of thioether (sulfide) groups is 1. The lowest BCUT2D eigenvalue weighted by Gasteiger charge is -2.11. The molecule has 1 amide bonds. The Bertz CT molecular complexity index is 668. The molecule has 1 fully saturated rings. The van der Waals surface area contributed by atoms with E-state index in [9.17, 15) is 4.79 Å². The Morgan fingerprint density at radius 2 is 1.75 bits per heavy atom. The van der Waals surface area contributed by atoms with Gasteiger partial charge >= 0.3 is 0 Å². The van der Waals surface area contributed by atoms with Crippen LogP contribution in [-0.2, 0) is 4.79 Å². The van der Waals surface area contributed by atoms with Gasteiger partial charge in [0, 0.05) is 17.3 Å². The summed E-state index contributed by atoms with van der Waals surface area (Å²) in [4.78, 5) is 12.0. The van der Waals surface area contributed by atoms with E-state index in [0.29, 0.717) is 12.4 Å². The molecule has 1 aliphatic rings. The van der Waals surface area contributed by atoms with E-state index in [1.807, 2.05) is 55.5 Å². The van der Waals surface area contributed by atoms with Crippen molar-refractivity contribution in [1.82, 2.24) is 5.32 Å². The molecule has 2 N–H and O–H groups in total. The van der Waals surface area contributed by atoms with Crippen molar-refractivity contribution in [1.29, 1.82) is 0 Å². The Labute approximate surface area is 145 Å². The smallest absolute Gasteiger partial charge is 0.242 e. The third-order valence-corrected chi connectivity index (χ3v) is 4.46. The molecule has 1 atom stereocenters. The summed E-state index contributed by atoms with van der Waals surface area (Å²) in [7, 11) is 0. The molecule has 1 heterocycles. The number of anilines is 1. The van der Waals surface area contributed by atoms with Crippen LogP contribution < -0.4 is 20.1 Å². The third kappa shape index (κ3) is 4.43. The molecule has 0 aliphatic carbocycles. The Morgan fingerprint density at radius 1 is 1.12 bits per heavy atom. The monoisotopic (exact) mass is 344 g/mol. The Hall–Kier alpha value is -2.18. The molecule has 24 heavy (non-hydrogen) atoms. The first-order valence-corrected chi connectivity index (χ1v) is 9.03. The zero-order chi connectivity index (χ0) is 16.8. The predicted molar refractivity (Wildman–Crippen MR) is 97.0 cm³/mol. The predicted octanol–water partition coefficient (Wildman–Crippen LogP) is 3.48. The number of benzene rings is 2. The number of ether oxygens (including phenoxy) is 2. The van der Waals surface area contributed by atoms with Crippen LogP contribution in [0.1, 0.15) is 6.92 Å². The fraction of sp³-hybridized carbons (Fsp3) is 0.278. The van der Waals surface area contributed by atoms with E-state index in [4.69, 9.17) is 9.47 Å². The van der Waals surface area contributed by atoms with Gasteiger partial charge in [-0.1, -0.05) is 0 Å². The van der Waals surface area contributed by atoms with Crippen LogP contribution in [0.2, 0.25) is 0 Å². The molecule has 0 spiro atoms. The van der Waals surface area contributed by atoms with Crippen LogP contribution in [0.15, 0.2) is 48.5 Å².